The van der Waals surface area contributed by atoms with E-state index in [9.17, 15) is 9.59 Å². The van der Waals surface area contributed by atoms with Gasteiger partial charge in [0.25, 0.3) is 0 Å². The lowest BCUT2D eigenvalue weighted by Gasteiger charge is -2.17. The number of nitrogens with zero attached hydrogens (tertiary/aromatic N) is 1. The zero-order valence-corrected chi connectivity index (χ0v) is 15.7. The van der Waals surface area contributed by atoms with Crippen LogP contribution in [-0.4, -0.2) is 36.3 Å². The van der Waals surface area contributed by atoms with Crippen molar-refractivity contribution in [3.8, 4) is 0 Å². The largest absolute Gasteiger partial charge is 0.355 e. The molecule has 1 heterocycles. The lowest BCUT2D eigenvalue weighted by atomic mass is 9.96. The lowest BCUT2D eigenvalue weighted by Crippen LogP contribution is -2.37. The molecule has 0 aromatic heterocycles. The maximum Gasteiger partial charge on any atom is 0.225 e. The summed E-state index contributed by atoms with van der Waals surface area (Å²) >= 11 is 0. The van der Waals surface area contributed by atoms with Crippen LogP contribution in [0.1, 0.15) is 51.2 Å². The number of rotatable bonds is 7. The fraction of sp³-hybridized carbons (Fsp3) is 0.600. The van der Waals surface area contributed by atoms with E-state index in [1.165, 1.54) is 31.5 Å². The van der Waals surface area contributed by atoms with Crippen LogP contribution in [-0.2, 0) is 22.7 Å². The number of hydrogen-bond acceptors (Lipinski definition) is 3. The van der Waals surface area contributed by atoms with E-state index in [2.05, 4.69) is 39.8 Å². The van der Waals surface area contributed by atoms with E-state index in [4.69, 9.17) is 0 Å². The molecule has 0 saturated carbocycles. The zero-order valence-electron chi connectivity index (χ0n) is 15.7. The highest BCUT2D eigenvalue weighted by Gasteiger charge is 2.20. The summed E-state index contributed by atoms with van der Waals surface area (Å²) in [4.78, 5) is 26.1. The fourth-order valence-electron chi connectivity index (χ4n) is 2.81. The van der Waals surface area contributed by atoms with Crippen molar-refractivity contribution in [2.75, 3.05) is 19.6 Å². The Bertz CT molecular complexity index is 570. The highest BCUT2D eigenvalue weighted by molar-refractivity contribution is 5.82. The van der Waals surface area contributed by atoms with Gasteiger partial charge in [0.15, 0.2) is 0 Å². The van der Waals surface area contributed by atoms with Gasteiger partial charge in [0.1, 0.15) is 0 Å². The van der Waals surface area contributed by atoms with Crippen LogP contribution in [0.15, 0.2) is 24.3 Å². The molecular weight excluding hydrogens is 314 g/mol. The number of nitrogens with one attached hydrogen (secondary N) is 2. The molecule has 5 nitrogen and oxygen atoms in total. The first kappa shape index (κ1) is 19.4. The smallest absolute Gasteiger partial charge is 0.225 e. The SMILES string of the molecule is CC(C)(C)C(=O)NCCC(=O)NCc1ccc(CN2CCCC2)cc1. The molecule has 25 heavy (non-hydrogen) atoms. The molecule has 2 N–H and O–H groups in total. The van der Waals surface area contributed by atoms with Gasteiger partial charge in [-0.15, -0.1) is 0 Å². The van der Waals surface area contributed by atoms with Crippen molar-refractivity contribution in [1.82, 2.24) is 15.5 Å². The van der Waals surface area contributed by atoms with Gasteiger partial charge >= 0.3 is 0 Å². The summed E-state index contributed by atoms with van der Waals surface area (Å²) in [5, 5.41) is 5.69. The van der Waals surface area contributed by atoms with Gasteiger partial charge in [-0.1, -0.05) is 45.0 Å². The molecule has 138 valence electrons. The van der Waals surface area contributed by atoms with Crippen LogP contribution in [0.4, 0.5) is 0 Å². The van der Waals surface area contributed by atoms with Crippen molar-refractivity contribution >= 4 is 11.8 Å². The third-order valence-electron chi connectivity index (χ3n) is 4.44. The van der Waals surface area contributed by atoms with Gasteiger partial charge in [0.05, 0.1) is 0 Å². The van der Waals surface area contributed by atoms with Crippen LogP contribution in [0.5, 0.6) is 0 Å². The van der Waals surface area contributed by atoms with E-state index >= 15 is 0 Å². The molecule has 2 amide bonds. The molecule has 1 fully saturated rings. The summed E-state index contributed by atoms with van der Waals surface area (Å²) in [6.07, 6.45) is 2.91. The van der Waals surface area contributed by atoms with Crippen molar-refractivity contribution in [3.63, 3.8) is 0 Å². The molecule has 1 aromatic rings. The van der Waals surface area contributed by atoms with Crippen LogP contribution in [0, 0.1) is 5.41 Å². The van der Waals surface area contributed by atoms with Gasteiger partial charge in [-0.25, -0.2) is 0 Å². The summed E-state index contributed by atoms with van der Waals surface area (Å²) in [6, 6.07) is 8.44. The Morgan fingerprint density at radius 2 is 1.60 bits per heavy atom. The second-order valence-corrected chi connectivity index (χ2v) is 7.83. The maximum atomic E-state index is 11.9. The van der Waals surface area contributed by atoms with Gasteiger partial charge < -0.3 is 10.6 Å². The van der Waals surface area contributed by atoms with Gasteiger partial charge in [-0.3, -0.25) is 14.5 Å². The molecule has 0 radical (unpaired) electrons. The van der Waals surface area contributed by atoms with Gasteiger partial charge in [0, 0.05) is 31.5 Å². The molecule has 0 unspecified atom stereocenters. The molecule has 1 saturated heterocycles. The third kappa shape index (κ3) is 6.86. The minimum atomic E-state index is -0.423. The second-order valence-electron chi connectivity index (χ2n) is 7.83. The standard InChI is InChI=1S/C20H31N3O2/c1-20(2,3)19(25)21-11-10-18(24)22-14-16-6-8-17(9-7-16)15-23-12-4-5-13-23/h6-9H,4-5,10-15H2,1-3H3,(H,21,25)(H,22,24). The third-order valence-corrected chi connectivity index (χ3v) is 4.44. The van der Waals surface area contributed by atoms with Crippen LogP contribution in [0.2, 0.25) is 0 Å². The first-order chi connectivity index (χ1) is 11.8. The summed E-state index contributed by atoms with van der Waals surface area (Å²) in [5.41, 5.74) is 1.99. The van der Waals surface area contributed by atoms with E-state index < -0.39 is 5.41 Å². The van der Waals surface area contributed by atoms with Crippen LogP contribution in [0.3, 0.4) is 0 Å². The van der Waals surface area contributed by atoms with E-state index in [0.29, 0.717) is 19.5 Å². The minimum absolute atomic E-state index is 0.0334. The van der Waals surface area contributed by atoms with E-state index in [1.807, 2.05) is 20.8 Å². The zero-order chi connectivity index (χ0) is 18.3. The number of likely N-dealkylation sites (tertiary alicyclic amines) is 1. The molecule has 0 spiro atoms. The van der Waals surface area contributed by atoms with Gasteiger partial charge in [-0.05, 0) is 37.1 Å². The molecule has 0 bridgehead atoms. The number of carbonyl (C=O) groups excluding carboxylic acids is 2. The Labute approximate surface area is 151 Å². The molecule has 2 rings (SSSR count). The molecular formula is C20H31N3O2. The van der Waals surface area contributed by atoms with Crippen molar-refractivity contribution in [2.24, 2.45) is 5.41 Å². The van der Waals surface area contributed by atoms with Crippen molar-refractivity contribution in [1.29, 1.82) is 0 Å². The quantitative estimate of drug-likeness (QED) is 0.798. The predicted molar refractivity (Wildman–Crippen MR) is 99.9 cm³/mol. The van der Waals surface area contributed by atoms with E-state index in [0.717, 1.165) is 12.1 Å². The molecule has 1 aliphatic rings. The first-order valence-electron chi connectivity index (χ1n) is 9.20. The average molecular weight is 345 g/mol. The van der Waals surface area contributed by atoms with Crippen LogP contribution < -0.4 is 10.6 Å². The normalized spacial score (nSPS) is 15.2. The highest BCUT2D eigenvalue weighted by atomic mass is 16.2. The average Bonchev–Trinajstić information content (AvgIpc) is 3.06. The van der Waals surface area contributed by atoms with E-state index in [1.54, 1.807) is 0 Å². The number of benzene rings is 1. The van der Waals surface area contributed by atoms with Crippen molar-refractivity contribution in [3.05, 3.63) is 35.4 Å². The Morgan fingerprint density at radius 1 is 1.00 bits per heavy atom. The summed E-state index contributed by atoms with van der Waals surface area (Å²) in [7, 11) is 0. The van der Waals surface area contributed by atoms with Crippen LogP contribution >= 0.6 is 0 Å². The molecule has 5 heteroatoms. The van der Waals surface area contributed by atoms with Gasteiger partial charge in [0.2, 0.25) is 11.8 Å². The number of amides is 2. The fourth-order valence-corrected chi connectivity index (χ4v) is 2.81. The first-order valence-corrected chi connectivity index (χ1v) is 9.20. The molecule has 0 aliphatic carbocycles. The molecule has 0 atom stereocenters. The topological polar surface area (TPSA) is 61.4 Å². The van der Waals surface area contributed by atoms with Crippen molar-refractivity contribution < 1.29 is 9.59 Å². The Hall–Kier alpha value is -1.88. The summed E-state index contributed by atoms with van der Waals surface area (Å²) in [6.45, 7) is 9.88. The number of hydrogen-bond donors (Lipinski definition) is 2. The monoisotopic (exact) mass is 345 g/mol. The van der Waals surface area contributed by atoms with Gasteiger partial charge in [-0.2, -0.15) is 0 Å². The minimum Gasteiger partial charge on any atom is -0.355 e. The van der Waals surface area contributed by atoms with Crippen molar-refractivity contribution in [2.45, 2.75) is 53.1 Å². The number of carbonyl (C=O) groups is 2. The van der Waals surface area contributed by atoms with E-state index in [-0.39, 0.29) is 11.8 Å². The Kier molecular flexibility index (Phi) is 7.00. The molecule has 1 aliphatic heterocycles. The van der Waals surface area contributed by atoms with Crippen LogP contribution in [0.25, 0.3) is 0 Å². The Balaban J connectivity index is 1.66. The predicted octanol–water partition coefficient (Wildman–Crippen LogP) is 2.45. The molecule has 1 aromatic carbocycles. The second kappa shape index (κ2) is 8.99. The maximum absolute atomic E-state index is 11.9. The lowest BCUT2D eigenvalue weighted by molar-refractivity contribution is -0.128. The highest BCUT2D eigenvalue weighted by Crippen LogP contribution is 2.13. The summed E-state index contributed by atoms with van der Waals surface area (Å²) in [5.74, 6) is -0.0794. The Morgan fingerprint density at radius 3 is 2.20 bits per heavy atom. The summed E-state index contributed by atoms with van der Waals surface area (Å²) < 4.78 is 0.